The number of nitrogens with zero attached hydrogens (tertiary/aromatic N) is 5. The quantitative estimate of drug-likeness (QED) is 0.198. The molecule has 0 aliphatic heterocycles. The van der Waals surface area contributed by atoms with Crippen molar-refractivity contribution in [1.82, 2.24) is 23.9 Å². The normalized spacial score (nSPS) is 12.3. The van der Waals surface area contributed by atoms with Crippen LogP contribution in [0.4, 0.5) is 0 Å². The summed E-state index contributed by atoms with van der Waals surface area (Å²) in [7, 11) is 0. The number of hydrogen-bond acceptors (Lipinski definition) is 4. The number of rotatable bonds is 2. The van der Waals surface area contributed by atoms with Gasteiger partial charge in [-0.2, -0.15) is 0 Å². The van der Waals surface area contributed by atoms with E-state index in [1.807, 2.05) is 36.4 Å². The summed E-state index contributed by atoms with van der Waals surface area (Å²) in [4.78, 5) is 15.9. The van der Waals surface area contributed by atoms with Crippen molar-refractivity contribution in [2.24, 2.45) is 0 Å². The van der Waals surface area contributed by atoms with E-state index in [-0.39, 0.29) is 0 Å². The Labute approximate surface area is 266 Å². The highest BCUT2D eigenvalue weighted by atomic mass is 16.3. The Hall–Kier alpha value is -6.53. The van der Waals surface area contributed by atoms with E-state index in [9.17, 15) is 0 Å². The zero-order chi connectivity index (χ0) is 30.6. The van der Waals surface area contributed by atoms with Gasteiger partial charge < -0.3 is 4.42 Å². The zero-order valence-electron chi connectivity index (χ0n) is 24.9. The van der Waals surface area contributed by atoms with Crippen molar-refractivity contribution in [2.75, 3.05) is 0 Å². The van der Waals surface area contributed by atoms with E-state index < -0.39 is 0 Å². The summed E-state index contributed by atoms with van der Waals surface area (Å²) in [6.07, 6.45) is 0. The van der Waals surface area contributed by atoms with Gasteiger partial charge >= 0.3 is 0 Å². The Morgan fingerprint density at radius 1 is 0.447 bits per heavy atom. The molecule has 0 saturated carbocycles. The summed E-state index contributed by atoms with van der Waals surface area (Å²) in [5.74, 6) is 0.606. The number of imidazole rings is 1. The topological polar surface area (TPSA) is 61.2 Å². The predicted molar refractivity (Wildman–Crippen MR) is 190 cm³/mol. The molecule has 0 radical (unpaired) electrons. The molecule has 0 unspecified atom stereocenters. The van der Waals surface area contributed by atoms with Gasteiger partial charge in [0.1, 0.15) is 16.8 Å². The summed E-state index contributed by atoms with van der Waals surface area (Å²) in [6.45, 7) is 0. The molecular weight excluding hydrogens is 578 g/mol. The van der Waals surface area contributed by atoms with Crippen LogP contribution in [-0.4, -0.2) is 23.9 Å². The largest absolute Gasteiger partial charge is 0.456 e. The van der Waals surface area contributed by atoms with Crippen molar-refractivity contribution in [3.05, 3.63) is 140 Å². The van der Waals surface area contributed by atoms with Crippen LogP contribution in [0, 0.1) is 0 Å². The number of para-hydroxylation sites is 4. The van der Waals surface area contributed by atoms with Gasteiger partial charge in [0.15, 0.2) is 0 Å². The maximum Gasteiger partial charge on any atom is 0.235 e. The van der Waals surface area contributed by atoms with Gasteiger partial charge in [-0.3, -0.25) is 8.97 Å². The molecule has 0 spiro atoms. The van der Waals surface area contributed by atoms with E-state index >= 15 is 0 Å². The monoisotopic (exact) mass is 601 g/mol. The second-order valence-corrected chi connectivity index (χ2v) is 12.0. The second-order valence-electron chi connectivity index (χ2n) is 12.0. The number of pyridine rings is 1. The highest BCUT2D eigenvalue weighted by molar-refractivity contribution is 6.28. The van der Waals surface area contributed by atoms with Crippen LogP contribution in [0.2, 0.25) is 0 Å². The molecule has 0 saturated heterocycles. The molecule has 6 aromatic carbocycles. The average molecular weight is 602 g/mol. The Balaban J connectivity index is 1.46. The third kappa shape index (κ3) is 3.26. The lowest BCUT2D eigenvalue weighted by Gasteiger charge is -2.13. The first-order valence-corrected chi connectivity index (χ1v) is 15.7. The molecule has 0 aliphatic carbocycles. The summed E-state index contributed by atoms with van der Waals surface area (Å²) >= 11 is 0. The Morgan fingerprint density at radius 3 is 2.02 bits per heavy atom. The van der Waals surface area contributed by atoms with E-state index in [4.69, 9.17) is 19.4 Å². The summed E-state index contributed by atoms with van der Waals surface area (Å²) in [5, 5.41) is 6.33. The van der Waals surface area contributed by atoms with Gasteiger partial charge in [-0.1, -0.05) is 103 Å². The van der Waals surface area contributed by atoms with Crippen LogP contribution in [-0.2, 0) is 0 Å². The van der Waals surface area contributed by atoms with Crippen LogP contribution in [0.3, 0.4) is 0 Å². The maximum absolute atomic E-state index is 6.47. The number of fused-ring (bicyclic) bond motifs is 15. The predicted octanol–water partition coefficient (Wildman–Crippen LogP) is 10.2. The average Bonchev–Trinajstić information content (AvgIpc) is 3.81. The maximum atomic E-state index is 6.47. The van der Waals surface area contributed by atoms with Gasteiger partial charge in [0.05, 0.1) is 44.2 Å². The lowest BCUT2D eigenvalue weighted by Crippen LogP contribution is -2.04. The van der Waals surface area contributed by atoms with Gasteiger partial charge in [0, 0.05) is 32.5 Å². The molecule has 6 heteroatoms. The number of benzene rings is 6. The first kappa shape index (κ1) is 24.8. The van der Waals surface area contributed by atoms with Crippen LogP contribution in [0.5, 0.6) is 0 Å². The lowest BCUT2D eigenvalue weighted by atomic mass is 10.1. The number of hydrogen-bond donors (Lipinski definition) is 0. The third-order valence-corrected chi connectivity index (χ3v) is 9.49. The highest BCUT2D eigenvalue weighted by Gasteiger charge is 2.26. The van der Waals surface area contributed by atoms with Crippen LogP contribution >= 0.6 is 0 Å². The molecule has 11 rings (SSSR count). The van der Waals surface area contributed by atoms with Crippen LogP contribution in [0.15, 0.2) is 144 Å². The molecule has 0 atom stereocenters. The number of furan rings is 1. The third-order valence-electron chi connectivity index (χ3n) is 9.49. The van der Waals surface area contributed by atoms with Gasteiger partial charge in [0.25, 0.3) is 0 Å². The molecule has 6 nitrogen and oxygen atoms in total. The lowest BCUT2D eigenvalue weighted by molar-refractivity contribution is 0.669. The fourth-order valence-electron chi connectivity index (χ4n) is 7.54. The Morgan fingerprint density at radius 2 is 1.15 bits per heavy atom. The summed E-state index contributed by atoms with van der Waals surface area (Å²) in [5.41, 5.74) is 10.5. The van der Waals surface area contributed by atoms with Crippen LogP contribution < -0.4 is 0 Å². The fourth-order valence-corrected chi connectivity index (χ4v) is 7.54. The first-order chi connectivity index (χ1) is 23.3. The SMILES string of the molecule is c1ccc(-c2nc(-n3c4c(ccc5oc6ccccc6c54)c4c3c3ccccc3c3nc5ccccc5n34)nc3ccccc23)cc1. The fraction of sp³-hybridized carbons (Fsp3) is 0. The van der Waals surface area contributed by atoms with Crippen LogP contribution in [0.25, 0.3) is 99.4 Å². The van der Waals surface area contributed by atoms with E-state index in [0.29, 0.717) is 5.95 Å². The van der Waals surface area contributed by atoms with Crippen molar-refractivity contribution in [3.63, 3.8) is 0 Å². The minimum atomic E-state index is 0.606. The molecule has 47 heavy (non-hydrogen) atoms. The zero-order valence-corrected chi connectivity index (χ0v) is 24.9. The van der Waals surface area contributed by atoms with Gasteiger partial charge in [-0.15, -0.1) is 0 Å². The van der Waals surface area contributed by atoms with Crippen molar-refractivity contribution in [3.8, 4) is 17.2 Å². The van der Waals surface area contributed by atoms with E-state index in [1.54, 1.807) is 0 Å². The molecular formula is C41H23N5O. The van der Waals surface area contributed by atoms with E-state index in [1.165, 1.54) is 0 Å². The minimum Gasteiger partial charge on any atom is -0.456 e. The first-order valence-electron chi connectivity index (χ1n) is 15.7. The van der Waals surface area contributed by atoms with Crippen molar-refractivity contribution in [2.45, 2.75) is 0 Å². The summed E-state index contributed by atoms with van der Waals surface area (Å²) < 4.78 is 11.1. The van der Waals surface area contributed by atoms with Crippen molar-refractivity contribution >= 4 is 82.2 Å². The molecule has 0 N–H and O–H groups in total. The van der Waals surface area contributed by atoms with Crippen molar-refractivity contribution < 1.29 is 4.42 Å². The standard InChI is InChI=1S/C41H23N5O/c1-2-12-24(13-3-1)36-27-16-6-8-18-30(27)43-41(44-36)46-37-29(22-23-34-35(37)28-17-7-11-21-33(28)47-34)39-38(46)25-14-4-5-15-26(25)40-42-31-19-9-10-20-32(31)45(39)40/h1-23H. The molecule has 5 aromatic heterocycles. The van der Waals surface area contributed by atoms with Gasteiger partial charge in [-0.25, -0.2) is 15.0 Å². The minimum absolute atomic E-state index is 0.606. The molecule has 11 aromatic rings. The molecule has 0 amide bonds. The number of aromatic nitrogens is 5. The van der Waals surface area contributed by atoms with E-state index in [0.717, 1.165) is 93.5 Å². The smallest absolute Gasteiger partial charge is 0.235 e. The Bertz CT molecular complexity index is 3080. The Kier molecular flexibility index (Phi) is 4.75. The van der Waals surface area contributed by atoms with Crippen molar-refractivity contribution in [1.29, 1.82) is 0 Å². The molecule has 218 valence electrons. The van der Waals surface area contributed by atoms with Gasteiger partial charge in [0.2, 0.25) is 5.95 Å². The molecule has 0 bridgehead atoms. The molecule has 5 heterocycles. The van der Waals surface area contributed by atoms with Crippen LogP contribution in [0.1, 0.15) is 0 Å². The van der Waals surface area contributed by atoms with Gasteiger partial charge in [-0.05, 0) is 36.4 Å². The molecule has 0 aliphatic rings. The summed E-state index contributed by atoms with van der Waals surface area (Å²) in [6, 6.07) is 48.1. The highest BCUT2D eigenvalue weighted by Crippen LogP contribution is 2.44. The second kappa shape index (κ2) is 9.02. The molecule has 0 fully saturated rings. The van der Waals surface area contributed by atoms with E-state index in [2.05, 4.69) is 112 Å².